The molecular weight excluding hydrogens is 204 g/mol. The molecule has 1 atom stereocenters. The number of aliphatic hydroxyl groups excluding tert-OH is 1. The quantitative estimate of drug-likeness (QED) is 0.778. The van der Waals surface area contributed by atoms with Crippen molar-refractivity contribution in [3.63, 3.8) is 0 Å². The van der Waals surface area contributed by atoms with Gasteiger partial charge in [0.15, 0.2) is 5.78 Å². The van der Waals surface area contributed by atoms with Crippen LogP contribution in [-0.2, 0) is 0 Å². The molecule has 0 aliphatic rings. The maximum Gasteiger partial charge on any atom is 0.191 e. The van der Waals surface area contributed by atoms with E-state index in [2.05, 4.69) is 0 Å². The number of hydrogen-bond acceptors (Lipinski definition) is 3. The molecule has 1 aromatic rings. The number of aliphatic hydroxyl groups is 1. The van der Waals surface area contributed by atoms with E-state index < -0.39 is 6.10 Å². The molecule has 0 fully saturated rings. The molecule has 3 nitrogen and oxygen atoms in total. The Balaban J connectivity index is 2.85. The summed E-state index contributed by atoms with van der Waals surface area (Å²) in [5, 5.41) is 9.46. The monoisotopic (exact) mass is 222 g/mol. The third-order valence-electron chi connectivity index (χ3n) is 2.18. The number of ether oxygens (including phenoxy) is 1. The predicted molar refractivity (Wildman–Crippen MR) is 62.8 cm³/mol. The van der Waals surface area contributed by atoms with Gasteiger partial charge in [-0.3, -0.25) is 4.79 Å². The second-order valence-electron chi connectivity index (χ2n) is 3.98. The maximum absolute atomic E-state index is 11.7. The fraction of sp³-hybridized carbons (Fsp3) is 0.462. The van der Waals surface area contributed by atoms with Crippen LogP contribution >= 0.6 is 0 Å². The lowest BCUT2D eigenvalue weighted by Crippen LogP contribution is -2.19. The highest BCUT2D eigenvalue weighted by Crippen LogP contribution is 2.16. The molecule has 88 valence electrons. The molecule has 0 aliphatic heterocycles. The fourth-order valence-electron chi connectivity index (χ4n) is 1.37. The van der Waals surface area contributed by atoms with E-state index in [1.54, 1.807) is 31.2 Å². The lowest BCUT2D eigenvalue weighted by atomic mass is 10.0. The van der Waals surface area contributed by atoms with Crippen LogP contribution in [0.2, 0.25) is 0 Å². The smallest absolute Gasteiger partial charge is 0.191 e. The summed E-state index contributed by atoms with van der Waals surface area (Å²) in [6.45, 7) is 5.63. The van der Waals surface area contributed by atoms with E-state index in [1.807, 2.05) is 13.8 Å². The Kier molecular flexibility index (Phi) is 4.50. The van der Waals surface area contributed by atoms with Crippen molar-refractivity contribution >= 4 is 5.78 Å². The second kappa shape index (κ2) is 5.66. The Morgan fingerprint density at radius 3 is 2.69 bits per heavy atom. The molecule has 0 spiro atoms. The Bertz CT molecular complexity index is 358. The standard InChI is InChI=1S/C13H18O3/c1-4-12(14)13(15)10-6-5-7-11(8-10)16-9(2)3/h5-9,12,14H,4H2,1-3H3. The van der Waals surface area contributed by atoms with Gasteiger partial charge in [-0.25, -0.2) is 0 Å². The largest absolute Gasteiger partial charge is 0.491 e. The van der Waals surface area contributed by atoms with E-state index in [1.165, 1.54) is 0 Å². The molecule has 1 N–H and O–H groups in total. The van der Waals surface area contributed by atoms with E-state index in [9.17, 15) is 9.90 Å². The highest BCUT2D eigenvalue weighted by Gasteiger charge is 2.15. The van der Waals surface area contributed by atoms with Crippen molar-refractivity contribution in [2.75, 3.05) is 0 Å². The van der Waals surface area contributed by atoms with E-state index in [-0.39, 0.29) is 11.9 Å². The summed E-state index contributed by atoms with van der Waals surface area (Å²) in [6, 6.07) is 6.91. The number of Topliss-reactive ketones (excluding diaryl/α,β-unsaturated/α-hetero) is 1. The summed E-state index contributed by atoms with van der Waals surface area (Å²) in [5.41, 5.74) is 0.493. The Morgan fingerprint density at radius 2 is 2.12 bits per heavy atom. The van der Waals surface area contributed by atoms with E-state index in [0.717, 1.165) is 0 Å². The average Bonchev–Trinajstić information content (AvgIpc) is 2.26. The van der Waals surface area contributed by atoms with Crippen LogP contribution in [0.25, 0.3) is 0 Å². The van der Waals surface area contributed by atoms with E-state index in [4.69, 9.17) is 4.74 Å². The van der Waals surface area contributed by atoms with Crippen LogP contribution in [0.15, 0.2) is 24.3 Å². The van der Waals surface area contributed by atoms with Crippen molar-refractivity contribution in [3.8, 4) is 5.75 Å². The molecule has 0 aliphatic carbocycles. The second-order valence-corrected chi connectivity index (χ2v) is 3.98. The van der Waals surface area contributed by atoms with Gasteiger partial charge in [-0.2, -0.15) is 0 Å². The zero-order chi connectivity index (χ0) is 12.1. The third-order valence-corrected chi connectivity index (χ3v) is 2.18. The molecule has 1 unspecified atom stereocenters. The van der Waals surface area contributed by atoms with Crippen molar-refractivity contribution in [2.45, 2.75) is 39.4 Å². The first kappa shape index (κ1) is 12.7. The van der Waals surface area contributed by atoms with Crippen LogP contribution in [0.4, 0.5) is 0 Å². The number of carbonyl (C=O) groups excluding carboxylic acids is 1. The molecule has 0 aromatic heterocycles. The van der Waals surface area contributed by atoms with E-state index in [0.29, 0.717) is 17.7 Å². The molecule has 16 heavy (non-hydrogen) atoms. The lowest BCUT2D eigenvalue weighted by Gasteiger charge is -2.11. The number of benzene rings is 1. The first-order valence-electron chi connectivity index (χ1n) is 5.53. The maximum atomic E-state index is 11.7. The topological polar surface area (TPSA) is 46.5 Å². The van der Waals surface area contributed by atoms with Gasteiger partial charge in [0.05, 0.1) is 6.10 Å². The van der Waals surface area contributed by atoms with Gasteiger partial charge < -0.3 is 9.84 Å². The SMILES string of the molecule is CCC(O)C(=O)c1cccc(OC(C)C)c1. The van der Waals surface area contributed by atoms with Crippen molar-refractivity contribution in [1.82, 2.24) is 0 Å². The summed E-state index contributed by atoms with van der Waals surface area (Å²) in [4.78, 5) is 11.7. The Labute approximate surface area is 96.1 Å². The molecule has 0 saturated carbocycles. The predicted octanol–water partition coefficient (Wildman–Crippen LogP) is 2.43. The molecule has 3 heteroatoms. The van der Waals surface area contributed by atoms with Crippen LogP contribution in [0.3, 0.4) is 0 Å². The lowest BCUT2D eigenvalue weighted by molar-refractivity contribution is 0.0740. The van der Waals surface area contributed by atoms with Crippen LogP contribution < -0.4 is 4.74 Å². The van der Waals surface area contributed by atoms with Gasteiger partial charge in [0.25, 0.3) is 0 Å². The van der Waals surface area contributed by atoms with Gasteiger partial charge in [-0.05, 0) is 32.4 Å². The Hall–Kier alpha value is -1.35. The molecular formula is C13H18O3. The zero-order valence-corrected chi connectivity index (χ0v) is 9.93. The third kappa shape index (κ3) is 3.35. The molecule has 0 bridgehead atoms. The van der Waals surface area contributed by atoms with Crippen molar-refractivity contribution in [1.29, 1.82) is 0 Å². The van der Waals surface area contributed by atoms with Crippen molar-refractivity contribution in [3.05, 3.63) is 29.8 Å². The van der Waals surface area contributed by atoms with Gasteiger partial charge in [-0.15, -0.1) is 0 Å². The fourth-order valence-corrected chi connectivity index (χ4v) is 1.37. The van der Waals surface area contributed by atoms with Gasteiger partial charge in [0.2, 0.25) is 0 Å². The summed E-state index contributed by atoms with van der Waals surface area (Å²) >= 11 is 0. The molecule has 0 radical (unpaired) electrons. The van der Waals surface area contributed by atoms with Gasteiger partial charge in [0, 0.05) is 5.56 Å². The van der Waals surface area contributed by atoms with Gasteiger partial charge >= 0.3 is 0 Å². The zero-order valence-electron chi connectivity index (χ0n) is 9.93. The first-order chi connectivity index (χ1) is 7.54. The Morgan fingerprint density at radius 1 is 1.44 bits per heavy atom. The molecule has 1 aromatic carbocycles. The highest BCUT2D eigenvalue weighted by molar-refractivity contribution is 5.99. The van der Waals surface area contributed by atoms with Crippen LogP contribution in [0.1, 0.15) is 37.6 Å². The highest BCUT2D eigenvalue weighted by atomic mass is 16.5. The molecule has 0 saturated heterocycles. The van der Waals surface area contributed by atoms with E-state index >= 15 is 0 Å². The normalized spacial score (nSPS) is 12.6. The summed E-state index contributed by atoms with van der Waals surface area (Å²) in [5.74, 6) is 0.404. The van der Waals surface area contributed by atoms with Crippen LogP contribution in [0.5, 0.6) is 5.75 Å². The van der Waals surface area contributed by atoms with Crippen LogP contribution in [-0.4, -0.2) is 23.1 Å². The molecule has 0 amide bonds. The number of ketones is 1. The first-order valence-corrected chi connectivity index (χ1v) is 5.53. The number of hydrogen-bond donors (Lipinski definition) is 1. The summed E-state index contributed by atoms with van der Waals surface area (Å²) in [6.07, 6.45) is -0.426. The van der Waals surface area contributed by atoms with Crippen molar-refractivity contribution in [2.24, 2.45) is 0 Å². The molecule has 0 heterocycles. The minimum absolute atomic E-state index is 0.0708. The summed E-state index contributed by atoms with van der Waals surface area (Å²) < 4.78 is 5.48. The molecule has 1 rings (SSSR count). The van der Waals surface area contributed by atoms with Crippen LogP contribution in [0, 0.1) is 0 Å². The van der Waals surface area contributed by atoms with Gasteiger partial charge in [-0.1, -0.05) is 19.1 Å². The van der Waals surface area contributed by atoms with Crippen molar-refractivity contribution < 1.29 is 14.6 Å². The van der Waals surface area contributed by atoms with Gasteiger partial charge in [0.1, 0.15) is 11.9 Å². The number of rotatable bonds is 5. The minimum atomic E-state index is -0.922. The number of carbonyl (C=O) groups is 1. The summed E-state index contributed by atoms with van der Waals surface area (Å²) in [7, 11) is 0. The minimum Gasteiger partial charge on any atom is -0.491 e. The average molecular weight is 222 g/mol.